The van der Waals surface area contributed by atoms with Crippen LogP contribution in [0.15, 0.2) is 48.5 Å². The molecule has 1 atom stereocenters. The Morgan fingerprint density at radius 3 is 2.38 bits per heavy atom. The molecule has 138 valence electrons. The maximum absolute atomic E-state index is 13.1. The van der Waals surface area contributed by atoms with Crippen LogP contribution in [0.5, 0.6) is 0 Å². The molecule has 2 amide bonds. The van der Waals surface area contributed by atoms with Gasteiger partial charge >= 0.3 is 0 Å². The second-order valence-electron chi connectivity index (χ2n) is 6.32. The monoisotopic (exact) mass is 356 g/mol. The highest BCUT2D eigenvalue weighted by atomic mass is 19.1. The van der Waals surface area contributed by atoms with Gasteiger partial charge in [-0.05, 0) is 49.6 Å². The number of likely N-dealkylation sites (N-methyl/N-ethyl adjacent to an activating group) is 1. The summed E-state index contributed by atoms with van der Waals surface area (Å²) in [7, 11) is 0. The number of benzene rings is 2. The fraction of sp³-hybridized carbons (Fsp3) is 0.333. The summed E-state index contributed by atoms with van der Waals surface area (Å²) in [5.41, 5.74) is 2.78. The van der Waals surface area contributed by atoms with Gasteiger partial charge in [-0.15, -0.1) is 0 Å². The first kappa shape index (κ1) is 19.6. The van der Waals surface area contributed by atoms with E-state index in [1.807, 2.05) is 38.1 Å². The molecule has 2 aromatic rings. The van der Waals surface area contributed by atoms with Crippen LogP contribution < -0.4 is 5.32 Å². The molecule has 5 heteroatoms. The summed E-state index contributed by atoms with van der Waals surface area (Å²) in [6, 6.07) is 13.1. The largest absolute Gasteiger partial charge is 0.355 e. The topological polar surface area (TPSA) is 49.4 Å². The molecule has 0 fully saturated rings. The Kier molecular flexibility index (Phi) is 6.89. The number of nitrogens with one attached hydrogen (secondary N) is 1. The molecule has 1 N–H and O–H groups in total. The number of carbonyl (C=O) groups excluding carboxylic acids is 2. The fourth-order valence-corrected chi connectivity index (χ4v) is 2.75. The van der Waals surface area contributed by atoms with E-state index in [-0.39, 0.29) is 24.1 Å². The summed E-state index contributed by atoms with van der Waals surface area (Å²) in [6.45, 7) is 6.41. The van der Waals surface area contributed by atoms with E-state index >= 15 is 0 Å². The number of nitrogens with zero attached hydrogens (tertiary/aromatic N) is 1. The zero-order valence-electron chi connectivity index (χ0n) is 15.5. The van der Waals surface area contributed by atoms with Crippen LogP contribution >= 0.6 is 0 Å². The molecule has 0 radical (unpaired) electrons. The van der Waals surface area contributed by atoms with Crippen molar-refractivity contribution in [2.24, 2.45) is 0 Å². The summed E-state index contributed by atoms with van der Waals surface area (Å²) in [5, 5.41) is 2.77. The van der Waals surface area contributed by atoms with Crippen molar-refractivity contribution in [3.8, 4) is 0 Å². The molecule has 0 aliphatic heterocycles. The number of aryl methyl sites for hydroxylation is 1. The molecule has 0 saturated carbocycles. The summed E-state index contributed by atoms with van der Waals surface area (Å²) in [5.74, 6) is -0.694. The van der Waals surface area contributed by atoms with Crippen LogP contribution in [0.25, 0.3) is 0 Å². The zero-order valence-corrected chi connectivity index (χ0v) is 15.5. The SMILES string of the molecule is CCNC(=O)C(C)N(Cc1ccccc1C)C(=O)Cc1ccc(F)cc1. The van der Waals surface area contributed by atoms with Crippen LogP contribution in [-0.4, -0.2) is 29.3 Å². The van der Waals surface area contributed by atoms with E-state index in [1.54, 1.807) is 24.0 Å². The second kappa shape index (κ2) is 9.13. The molecule has 2 rings (SSSR count). The Morgan fingerprint density at radius 1 is 1.12 bits per heavy atom. The molecule has 0 aliphatic carbocycles. The van der Waals surface area contributed by atoms with Gasteiger partial charge in [0.15, 0.2) is 0 Å². The standard InChI is InChI=1S/C21H25FN2O2/c1-4-23-21(26)16(3)24(14-18-8-6-5-7-15(18)2)20(25)13-17-9-11-19(22)12-10-17/h5-12,16H,4,13-14H2,1-3H3,(H,23,26). The van der Waals surface area contributed by atoms with E-state index in [0.717, 1.165) is 11.1 Å². The quantitative estimate of drug-likeness (QED) is 0.828. The van der Waals surface area contributed by atoms with Gasteiger partial charge in [-0.2, -0.15) is 0 Å². The van der Waals surface area contributed by atoms with Gasteiger partial charge in [0.25, 0.3) is 0 Å². The number of hydrogen-bond donors (Lipinski definition) is 1. The van der Waals surface area contributed by atoms with Crippen LogP contribution in [0, 0.1) is 12.7 Å². The summed E-state index contributed by atoms with van der Waals surface area (Å²) < 4.78 is 13.1. The molecule has 0 aromatic heterocycles. The van der Waals surface area contributed by atoms with Gasteiger partial charge in [0.05, 0.1) is 6.42 Å². The molecule has 26 heavy (non-hydrogen) atoms. The average Bonchev–Trinajstić information content (AvgIpc) is 2.62. The van der Waals surface area contributed by atoms with Crippen molar-refractivity contribution >= 4 is 11.8 Å². The summed E-state index contributed by atoms with van der Waals surface area (Å²) in [4.78, 5) is 26.8. The van der Waals surface area contributed by atoms with Gasteiger partial charge in [0.1, 0.15) is 11.9 Å². The van der Waals surface area contributed by atoms with Crippen molar-refractivity contribution in [2.45, 2.75) is 39.8 Å². The van der Waals surface area contributed by atoms with Gasteiger partial charge in [0, 0.05) is 13.1 Å². The Bertz CT molecular complexity index is 759. The Hall–Kier alpha value is -2.69. The predicted molar refractivity (Wildman–Crippen MR) is 100.0 cm³/mol. The number of halogens is 1. The van der Waals surface area contributed by atoms with Crippen molar-refractivity contribution in [1.29, 1.82) is 0 Å². The van der Waals surface area contributed by atoms with Crippen LogP contribution in [0.4, 0.5) is 4.39 Å². The Balaban J connectivity index is 2.23. The third-order valence-electron chi connectivity index (χ3n) is 4.39. The smallest absolute Gasteiger partial charge is 0.242 e. The zero-order chi connectivity index (χ0) is 19.1. The molecule has 2 aromatic carbocycles. The normalized spacial score (nSPS) is 11.7. The van der Waals surface area contributed by atoms with Crippen LogP contribution in [0.1, 0.15) is 30.5 Å². The Labute approximate surface area is 154 Å². The van der Waals surface area contributed by atoms with E-state index in [4.69, 9.17) is 0 Å². The molecular weight excluding hydrogens is 331 g/mol. The lowest BCUT2D eigenvalue weighted by molar-refractivity contribution is -0.140. The first-order valence-electron chi connectivity index (χ1n) is 8.78. The van der Waals surface area contributed by atoms with Crippen LogP contribution in [0.3, 0.4) is 0 Å². The van der Waals surface area contributed by atoms with Gasteiger partial charge in [0.2, 0.25) is 11.8 Å². The van der Waals surface area contributed by atoms with E-state index < -0.39 is 6.04 Å². The van der Waals surface area contributed by atoms with E-state index in [2.05, 4.69) is 5.32 Å². The number of carbonyl (C=O) groups is 2. The second-order valence-corrected chi connectivity index (χ2v) is 6.32. The van der Waals surface area contributed by atoms with Crippen molar-refractivity contribution in [1.82, 2.24) is 10.2 Å². The highest BCUT2D eigenvalue weighted by Gasteiger charge is 2.26. The van der Waals surface area contributed by atoms with Gasteiger partial charge in [-0.25, -0.2) is 4.39 Å². The molecule has 0 heterocycles. The van der Waals surface area contributed by atoms with Crippen molar-refractivity contribution in [3.05, 3.63) is 71.0 Å². The molecule has 1 unspecified atom stereocenters. The first-order valence-corrected chi connectivity index (χ1v) is 8.78. The third kappa shape index (κ3) is 5.15. The molecule has 0 spiro atoms. The average molecular weight is 356 g/mol. The van der Waals surface area contributed by atoms with Crippen LogP contribution in [0.2, 0.25) is 0 Å². The lowest BCUT2D eigenvalue weighted by atomic mass is 10.1. The minimum atomic E-state index is -0.595. The predicted octanol–water partition coefficient (Wildman–Crippen LogP) is 3.23. The number of amides is 2. The maximum atomic E-state index is 13.1. The first-order chi connectivity index (χ1) is 12.4. The van der Waals surface area contributed by atoms with E-state index in [0.29, 0.717) is 18.7 Å². The van der Waals surface area contributed by atoms with Crippen molar-refractivity contribution in [2.75, 3.05) is 6.54 Å². The van der Waals surface area contributed by atoms with E-state index in [1.165, 1.54) is 12.1 Å². The number of hydrogen-bond acceptors (Lipinski definition) is 2. The summed E-state index contributed by atoms with van der Waals surface area (Å²) >= 11 is 0. The highest BCUT2D eigenvalue weighted by Crippen LogP contribution is 2.15. The van der Waals surface area contributed by atoms with Gasteiger partial charge < -0.3 is 10.2 Å². The third-order valence-corrected chi connectivity index (χ3v) is 4.39. The van der Waals surface area contributed by atoms with Crippen LogP contribution in [-0.2, 0) is 22.6 Å². The van der Waals surface area contributed by atoms with Crippen molar-refractivity contribution < 1.29 is 14.0 Å². The lowest BCUT2D eigenvalue weighted by Gasteiger charge is -2.29. The summed E-state index contributed by atoms with van der Waals surface area (Å²) in [6.07, 6.45) is 0.121. The molecule has 4 nitrogen and oxygen atoms in total. The lowest BCUT2D eigenvalue weighted by Crippen LogP contribution is -2.48. The Morgan fingerprint density at radius 2 is 1.77 bits per heavy atom. The highest BCUT2D eigenvalue weighted by molar-refractivity contribution is 5.88. The molecule has 0 aliphatic rings. The molecular formula is C21H25FN2O2. The van der Waals surface area contributed by atoms with Gasteiger partial charge in [-0.1, -0.05) is 36.4 Å². The maximum Gasteiger partial charge on any atom is 0.242 e. The van der Waals surface area contributed by atoms with Gasteiger partial charge in [-0.3, -0.25) is 9.59 Å². The minimum absolute atomic E-state index is 0.121. The van der Waals surface area contributed by atoms with E-state index in [9.17, 15) is 14.0 Å². The fourth-order valence-electron chi connectivity index (χ4n) is 2.75. The van der Waals surface area contributed by atoms with Crippen molar-refractivity contribution in [3.63, 3.8) is 0 Å². The number of rotatable bonds is 7. The molecule has 0 bridgehead atoms. The molecule has 0 saturated heterocycles. The minimum Gasteiger partial charge on any atom is -0.355 e.